The van der Waals surface area contributed by atoms with Gasteiger partial charge in [0.05, 0.1) is 22.0 Å². The van der Waals surface area contributed by atoms with Crippen LogP contribution in [0.25, 0.3) is 11.6 Å². The summed E-state index contributed by atoms with van der Waals surface area (Å²) in [5, 5.41) is 3.85. The monoisotopic (exact) mass is 290 g/mol. The molecule has 0 radical (unpaired) electrons. The van der Waals surface area contributed by atoms with Crippen LogP contribution in [0.2, 0.25) is 10.0 Å². The van der Waals surface area contributed by atoms with Crippen LogP contribution in [-0.4, -0.2) is 10.9 Å². The summed E-state index contributed by atoms with van der Waals surface area (Å²) in [7, 11) is 0. The molecular formula is C14H8Cl2N2O. The van der Waals surface area contributed by atoms with Crippen molar-refractivity contribution >= 4 is 46.4 Å². The Labute approximate surface area is 119 Å². The lowest BCUT2D eigenvalue weighted by atomic mass is 10.1. The summed E-state index contributed by atoms with van der Waals surface area (Å²) in [6, 6.07) is 8.96. The Morgan fingerprint density at radius 1 is 1.16 bits per heavy atom. The van der Waals surface area contributed by atoms with E-state index >= 15 is 0 Å². The zero-order valence-electron chi connectivity index (χ0n) is 9.65. The largest absolute Gasteiger partial charge is 0.320 e. The molecule has 0 fully saturated rings. The van der Waals surface area contributed by atoms with E-state index in [4.69, 9.17) is 23.2 Å². The maximum atomic E-state index is 11.9. The summed E-state index contributed by atoms with van der Waals surface area (Å²) >= 11 is 11.8. The second kappa shape index (κ2) is 4.68. The average molecular weight is 291 g/mol. The van der Waals surface area contributed by atoms with Crippen molar-refractivity contribution in [3.8, 4) is 0 Å². The van der Waals surface area contributed by atoms with Gasteiger partial charge in [-0.05, 0) is 29.8 Å². The lowest BCUT2D eigenvalue weighted by Crippen LogP contribution is -2.03. The van der Waals surface area contributed by atoms with E-state index in [1.807, 2.05) is 12.1 Å². The Morgan fingerprint density at radius 2 is 2.00 bits per heavy atom. The Balaban J connectivity index is 2.09. The molecule has 94 valence electrons. The van der Waals surface area contributed by atoms with E-state index < -0.39 is 0 Å². The Kier molecular flexibility index (Phi) is 3.01. The number of hydrogen-bond acceptors (Lipinski definition) is 2. The van der Waals surface area contributed by atoms with Crippen LogP contribution in [-0.2, 0) is 4.79 Å². The fourth-order valence-corrected chi connectivity index (χ4v) is 2.30. The van der Waals surface area contributed by atoms with Crippen LogP contribution in [0, 0.1) is 0 Å². The van der Waals surface area contributed by atoms with Gasteiger partial charge in [0, 0.05) is 11.2 Å². The highest BCUT2D eigenvalue weighted by atomic mass is 35.5. The molecule has 1 aromatic carbocycles. The molecule has 0 spiro atoms. The molecule has 0 saturated heterocycles. The van der Waals surface area contributed by atoms with E-state index in [1.165, 1.54) is 6.20 Å². The first-order chi connectivity index (χ1) is 9.13. The van der Waals surface area contributed by atoms with Crippen LogP contribution in [0.15, 0.2) is 36.5 Å². The van der Waals surface area contributed by atoms with E-state index in [1.54, 1.807) is 24.3 Å². The standard InChI is InChI=1S/C14H8Cl2N2O/c15-9-3-1-2-8(4-9)5-11-13-12(18-14(11)19)6-10(16)7-17-13/h1-7H,(H,18,19)/b11-5-. The Bertz CT molecular complexity index is 710. The molecule has 0 bridgehead atoms. The molecule has 0 unspecified atom stereocenters. The molecule has 2 aromatic rings. The Hall–Kier alpha value is -1.84. The number of anilines is 1. The Morgan fingerprint density at radius 3 is 2.79 bits per heavy atom. The quantitative estimate of drug-likeness (QED) is 0.810. The van der Waals surface area contributed by atoms with Crippen LogP contribution in [0.4, 0.5) is 5.69 Å². The van der Waals surface area contributed by atoms with Gasteiger partial charge < -0.3 is 5.32 Å². The van der Waals surface area contributed by atoms with Crippen molar-refractivity contribution in [2.24, 2.45) is 0 Å². The summed E-state index contributed by atoms with van der Waals surface area (Å²) < 4.78 is 0. The summed E-state index contributed by atoms with van der Waals surface area (Å²) in [6.07, 6.45) is 3.28. The van der Waals surface area contributed by atoms with Gasteiger partial charge in [0.15, 0.2) is 0 Å². The lowest BCUT2D eigenvalue weighted by Gasteiger charge is -1.99. The number of hydrogen-bond donors (Lipinski definition) is 1. The first-order valence-corrected chi connectivity index (χ1v) is 6.33. The van der Waals surface area contributed by atoms with Gasteiger partial charge in [-0.15, -0.1) is 0 Å². The van der Waals surface area contributed by atoms with Crippen molar-refractivity contribution in [1.29, 1.82) is 0 Å². The molecule has 0 aliphatic carbocycles. The molecule has 1 aromatic heterocycles. The molecule has 1 N–H and O–H groups in total. The van der Waals surface area contributed by atoms with Crippen LogP contribution < -0.4 is 5.32 Å². The second-order valence-corrected chi connectivity index (χ2v) is 4.99. The number of carbonyl (C=O) groups is 1. The van der Waals surface area contributed by atoms with E-state index in [2.05, 4.69) is 10.3 Å². The second-order valence-electron chi connectivity index (χ2n) is 4.12. The number of fused-ring (bicyclic) bond motifs is 1. The van der Waals surface area contributed by atoms with Crippen LogP contribution >= 0.6 is 23.2 Å². The van der Waals surface area contributed by atoms with Gasteiger partial charge in [-0.1, -0.05) is 35.3 Å². The third-order valence-electron chi connectivity index (χ3n) is 2.76. The maximum Gasteiger partial charge on any atom is 0.258 e. The van der Waals surface area contributed by atoms with Gasteiger partial charge in [0.1, 0.15) is 0 Å². The molecule has 19 heavy (non-hydrogen) atoms. The maximum absolute atomic E-state index is 11.9. The fourth-order valence-electron chi connectivity index (χ4n) is 1.94. The van der Waals surface area contributed by atoms with Gasteiger partial charge in [-0.2, -0.15) is 0 Å². The summed E-state index contributed by atoms with van der Waals surface area (Å²) in [6.45, 7) is 0. The number of carbonyl (C=O) groups excluding carboxylic acids is 1. The number of aromatic nitrogens is 1. The molecule has 0 saturated carbocycles. The molecule has 2 heterocycles. The summed E-state index contributed by atoms with van der Waals surface area (Å²) in [5.41, 5.74) is 2.59. The van der Waals surface area contributed by atoms with Crippen LogP contribution in [0.3, 0.4) is 0 Å². The zero-order chi connectivity index (χ0) is 13.4. The highest BCUT2D eigenvalue weighted by Crippen LogP contribution is 2.33. The van der Waals surface area contributed by atoms with Crippen molar-refractivity contribution in [2.45, 2.75) is 0 Å². The zero-order valence-corrected chi connectivity index (χ0v) is 11.2. The van der Waals surface area contributed by atoms with E-state index in [9.17, 15) is 4.79 Å². The predicted molar refractivity (Wildman–Crippen MR) is 77.2 cm³/mol. The van der Waals surface area contributed by atoms with Crippen LogP contribution in [0.1, 0.15) is 11.3 Å². The van der Waals surface area contributed by atoms with Crippen molar-refractivity contribution in [1.82, 2.24) is 4.98 Å². The topological polar surface area (TPSA) is 42.0 Å². The first-order valence-electron chi connectivity index (χ1n) is 5.58. The third kappa shape index (κ3) is 2.35. The number of nitrogens with one attached hydrogen (secondary N) is 1. The number of nitrogens with zero attached hydrogens (tertiary/aromatic N) is 1. The normalized spacial score (nSPS) is 15.5. The molecule has 0 atom stereocenters. The molecule has 5 heteroatoms. The summed E-state index contributed by atoms with van der Waals surface area (Å²) in [5.74, 6) is -0.190. The minimum Gasteiger partial charge on any atom is -0.320 e. The van der Waals surface area contributed by atoms with Gasteiger partial charge in [-0.3, -0.25) is 9.78 Å². The number of rotatable bonds is 1. The van der Waals surface area contributed by atoms with Crippen molar-refractivity contribution in [3.63, 3.8) is 0 Å². The summed E-state index contributed by atoms with van der Waals surface area (Å²) in [4.78, 5) is 16.1. The highest BCUT2D eigenvalue weighted by molar-refractivity contribution is 6.36. The SMILES string of the molecule is O=C1Nc2cc(Cl)cnc2/C1=C/c1cccc(Cl)c1. The molecule has 1 aliphatic heterocycles. The molecule has 1 aliphatic rings. The van der Waals surface area contributed by atoms with E-state index in [0.29, 0.717) is 27.0 Å². The van der Waals surface area contributed by atoms with Crippen molar-refractivity contribution < 1.29 is 4.79 Å². The van der Waals surface area contributed by atoms with Gasteiger partial charge in [0.2, 0.25) is 0 Å². The minimum absolute atomic E-state index is 0.190. The number of benzene rings is 1. The lowest BCUT2D eigenvalue weighted by molar-refractivity contribution is -0.110. The molecule has 3 nitrogen and oxygen atoms in total. The number of amides is 1. The highest BCUT2D eigenvalue weighted by Gasteiger charge is 2.25. The number of pyridine rings is 1. The smallest absolute Gasteiger partial charge is 0.258 e. The van der Waals surface area contributed by atoms with E-state index in [-0.39, 0.29) is 5.91 Å². The average Bonchev–Trinajstić information content (AvgIpc) is 2.65. The van der Waals surface area contributed by atoms with Gasteiger partial charge in [0.25, 0.3) is 5.91 Å². The van der Waals surface area contributed by atoms with Gasteiger partial charge in [-0.25, -0.2) is 0 Å². The fraction of sp³-hybridized carbons (Fsp3) is 0. The van der Waals surface area contributed by atoms with Crippen molar-refractivity contribution in [3.05, 3.63) is 57.8 Å². The molecule has 1 amide bonds. The predicted octanol–water partition coefficient (Wildman–Crippen LogP) is 3.88. The molecule has 3 rings (SSSR count). The molecular weight excluding hydrogens is 283 g/mol. The first kappa shape index (κ1) is 12.2. The van der Waals surface area contributed by atoms with Crippen LogP contribution in [0.5, 0.6) is 0 Å². The number of halogens is 2. The minimum atomic E-state index is -0.190. The van der Waals surface area contributed by atoms with Gasteiger partial charge >= 0.3 is 0 Å². The third-order valence-corrected chi connectivity index (χ3v) is 3.20. The van der Waals surface area contributed by atoms with E-state index in [0.717, 1.165) is 5.56 Å². The van der Waals surface area contributed by atoms with Crippen molar-refractivity contribution in [2.75, 3.05) is 5.32 Å².